The Labute approximate surface area is 152 Å². The Morgan fingerprint density at radius 3 is 1.25 bits per heavy atom. The van der Waals surface area contributed by atoms with Crippen LogP contribution in [0, 0.1) is 0 Å². The molecule has 4 heterocycles. The largest absolute Gasteiger partial charge is 0.0884 e. The second-order valence-electron chi connectivity index (χ2n) is 3.57. The summed E-state index contributed by atoms with van der Waals surface area (Å²) in [7, 11) is 0. The summed E-state index contributed by atoms with van der Waals surface area (Å²) in [6, 6.07) is 0. The van der Waals surface area contributed by atoms with Crippen molar-refractivity contribution in [2.45, 2.75) is 0 Å². The Bertz CT molecular complexity index is 558. The molecule has 0 radical (unpaired) electrons. The molecule has 4 rings (SSSR count). The van der Waals surface area contributed by atoms with Crippen molar-refractivity contribution in [3.63, 3.8) is 0 Å². The van der Waals surface area contributed by atoms with Crippen LogP contribution in [0.25, 0.3) is 0 Å². The van der Waals surface area contributed by atoms with Crippen molar-refractivity contribution in [2.24, 2.45) is 0 Å². The minimum atomic E-state index is 1.40. The van der Waals surface area contributed by atoms with Crippen LogP contribution in [0.3, 0.4) is 0 Å². The lowest BCUT2D eigenvalue weighted by atomic mass is 10.6. The molecule has 0 N–H and O–H groups in total. The summed E-state index contributed by atoms with van der Waals surface area (Å²) in [5, 5.41) is 13.2. The van der Waals surface area contributed by atoms with Crippen molar-refractivity contribution in [3.05, 3.63) is 59.2 Å². The van der Waals surface area contributed by atoms with E-state index in [9.17, 15) is 0 Å². The molecule has 0 spiro atoms. The van der Waals surface area contributed by atoms with Gasteiger partial charge in [0.25, 0.3) is 0 Å². The predicted octanol–water partition coefficient (Wildman–Crippen LogP) is 7.78. The van der Waals surface area contributed by atoms with Crippen LogP contribution < -0.4 is 0 Å². The van der Waals surface area contributed by atoms with Gasteiger partial charge < -0.3 is 0 Å². The van der Waals surface area contributed by atoms with E-state index >= 15 is 0 Å². The highest BCUT2D eigenvalue weighted by Gasteiger charge is 2.26. The maximum absolute atomic E-state index is 2.30. The van der Waals surface area contributed by atoms with E-state index in [4.69, 9.17) is 0 Å². The Morgan fingerprint density at radius 1 is 0.450 bits per heavy atom. The zero-order valence-corrected chi connectivity index (χ0v) is 16.3. The van der Waals surface area contributed by atoms with E-state index < -0.39 is 0 Å². The third-order valence-corrected chi connectivity index (χ3v) is 12.6. The minimum Gasteiger partial charge on any atom is -0.0884 e. The van der Waals surface area contributed by atoms with E-state index in [1.807, 2.05) is 94.1 Å². The van der Waals surface area contributed by atoms with Crippen LogP contribution in [-0.2, 0) is 0 Å². The van der Waals surface area contributed by atoms with Gasteiger partial charge in [-0.1, -0.05) is 94.1 Å². The molecule has 4 aliphatic heterocycles. The summed E-state index contributed by atoms with van der Waals surface area (Å²) >= 11 is 14.9. The number of hydrogen-bond donors (Lipinski definition) is 0. The normalized spacial score (nSPS) is 25.2. The lowest BCUT2D eigenvalue weighted by Gasteiger charge is -2.04. The smallest absolute Gasteiger partial charge is 0.0700 e. The Balaban J connectivity index is 1.45. The lowest BCUT2D eigenvalue weighted by molar-refractivity contribution is 1.96. The average Bonchev–Trinajstić information content (AvgIpc) is 3.22. The van der Waals surface area contributed by atoms with Gasteiger partial charge in [-0.15, -0.1) is 0 Å². The van der Waals surface area contributed by atoms with Gasteiger partial charge in [-0.25, -0.2) is 0 Å². The number of hydrogen-bond acceptors (Lipinski definition) is 8. The van der Waals surface area contributed by atoms with Gasteiger partial charge in [0.05, 0.1) is 16.9 Å². The summed E-state index contributed by atoms with van der Waals surface area (Å²) in [6.07, 6.45) is 0. The summed E-state index contributed by atoms with van der Waals surface area (Å²) in [4.78, 5) is 2.80. The third kappa shape index (κ3) is 3.13. The van der Waals surface area contributed by atoms with Gasteiger partial charge in [-0.2, -0.15) is 0 Å². The van der Waals surface area contributed by atoms with Crippen molar-refractivity contribution >= 4 is 94.1 Å². The molecule has 0 atom stereocenters. The van der Waals surface area contributed by atoms with Crippen molar-refractivity contribution in [2.75, 3.05) is 0 Å². The molecule has 4 aliphatic rings. The summed E-state index contributed by atoms with van der Waals surface area (Å²) in [5.74, 6) is 0. The van der Waals surface area contributed by atoms with Gasteiger partial charge >= 0.3 is 0 Å². The molecule has 0 aromatic carbocycles. The quantitative estimate of drug-likeness (QED) is 0.427. The van der Waals surface area contributed by atoms with Gasteiger partial charge in [0.1, 0.15) is 0 Å². The highest BCUT2D eigenvalue weighted by molar-refractivity contribution is 8.35. The molecule has 102 valence electrons. The maximum atomic E-state index is 2.30. The van der Waals surface area contributed by atoms with Gasteiger partial charge in [0.15, 0.2) is 0 Å². The fourth-order valence-corrected chi connectivity index (χ4v) is 10.7. The zero-order chi connectivity index (χ0) is 13.4. The van der Waals surface area contributed by atoms with Gasteiger partial charge in [-0.05, 0) is 32.4 Å². The number of rotatable bonds is 1. The molecule has 0 saturated carbocycles. The SMILES string of the molecule is C1=CSC(=C2SC=C(C3=CSC(=C4SC=CS4)S3)S2)S1. The molecule has 0 amide bonds. The second-order valence-corrected chi connectivity index (χ2v) is 12.1. The van der Waals surface area contributed by atoms with E-state index in [1.165, 1.54) is 26.8 Å². The first kappa shape index (κ1) is 14.8. The van der Waals surface area contributed by atoms with Crippen LogP contribution >= 0.6 is 94.1 Å². The molecule has 8 heteroatoms. The molecule has 0 unspecified atom stereocenters. The number of thioether (sulfide) groups is 8. The van der Waals surface area contributed by atoms with Gasteiger partial charge in [-0.3, -0.25) is 0 Å². The molecule has 0 aromatic heterocycles. The van der Waals surface area contributed by atoms with Gasteiger partial charge in [0.2, 0.25) is 0 Å². The fraction of sp³-hybridized carbons (Fsp3) is 0. The van der Waals surface area contributed by atoms with Crippen LogP contribution in [0.5, 0.6) is 0 Å². The summed E-state index contributed by atoms with van der Waals surface area (Å²) in [5.41, 5.74) is 0. The molecule has 20 heavy (non-hydrogen) atoms. The van der Waals surface area contributed by atoms with E-state index in [0.717, 1.165) is 0 Å². The lowest BCUT2D eigenvalue weighted by Crippen LogP contribution is -1.73. The predicted molar refractivity (Wildman–Crippen MR) is 109 cm³/mol. The molecule has 0 bridgehead atoms. The van der Waals surface area contributed by atoms with Crippen LogP contribution in [0.15, 0.2) is 59.2 Å². The zero-order valence-electron chi connectivity index (χ0n) is 9.73. The van der Waals surface area contributed by atoms with Crippen LogP contribution in [0.4, 0.5) is 0 Å². The Hall–Kier alpha value is 1.24. The van der Waals surface area contributed by atoms with E-state index in [0.29, 0.717) is 0 Å². The third-order valence-electron chi connectivity index (χ3n) is 2.34. The molecule has 0 aliphatic carbocycles. The van der Waals surface area contributed by atoms with Crippen molar-refractivity contribution in [1.29, 1.82) is 0 Å². The minimum absolute atomic E-state index is 1.40. The van der Waals surface area contributed by atoms with Crippen LogP contribution in [0.2, 0.25) is 0 Å². The maximum Gasteiger partial charge on any atom is 0.0700 e. The first-order chi connectivity index (χ1) is 9.90. The molecule has 0 saturated heterocycles. The van der Waals surface area contributed by atoms with Crippen molar-refractivity contribution in [3.8, 4) is 0 Å². The Kier molecular flexibility index (Phi) is 5.02. The standard InChI is InChI=1S/C12H6S8/c1-2-14-9(13-1)11-17-5-7(19-11)8-6-18-12(20-8)10-15-3-4-16-10/h1-6H. The summed E-state index contributed by atoms with van der Waals surface area (Å²) < 4.78 is 5.71. The molecular weight excluding hydrogens is 401 g/mol. The average molecular weight is 407 g/mol. The van der Waals surface area contributed by atoms with E-state index in [-0.39, 0.29) is 0 Å². The van der Waals surface area contributed by atoms with Gasteiger partial charge in [0, 0.05) is 9.81 Å². The van der Waals surface area contributed by atoms with E-state index in [2.05, 4.69) is 32.4 Å². The highest BCUT2D eigenvalue weighted by atomic mass is 32.2. The topological polar surface area (TPSA) is 0 Å². The van der Waals surface area contributed by atoms with Crippen LogP contribution in [-0.4, -0.2) is 0 Å². The molecule has 0 fully saturated rings. The highest BCUT2D eigenvalue weighted by Crippen LogP contribution is 2.60. The van der Waals surface area contributed by atoms with Crippen molar-refractivity contribution in [1.82, 2.24) is 0 Å². The second kappa shape index (κ2) is 6.78. The molecular formula is C12H6S8. The summed E-state index contributed by atoms with van der Waals surface area (Å²) in [6.45, 7) is 0. The first-order valence-corrected chi connectivity index (χ1v) is 12.4. The van der Waals surface area contributed by atoms with E-state index in [1.54, 1.807) is 0 Å². The Morgan fingerprint density at radius 2 is 0.850 bits per heavy atom. The van der Waals surface area contributed by atoms with Crippen LogP contribution in [0.1, 0.15) is 0 Å². The van der Waals surface area contributed by atoms with Crippen molar-refractivity contribution < 1.29 is 0 Å². The molecule has 0 nitrogen and oxygen atoms in total. The fourth-order valence-electron chi connectivity index (χ4n) is 1.51. The molecule has 0 aromatic rings. The first-order valence-electron chi connectivity index (χ1n) is 5.45. The monoisotopic (exact) mass is 406 g/mol.